The molecule has 0 bridgehead atoms. The summed E-state index contributed by atoms with van der Waals surface area (Å²) in [5, 5.41) is 8.22. The summed E-state index contributed by atoms with van der Waals surface area (Å²) in [5.74, 6) is 1.01. The molecule has 2 aromatic carbocycles. The summed E-state index contributed by atoms with van der Waals surface area (Å²) in [6, 6.07) is 9.58. The van der Waals surface area contributed by atoms with Crippen LogP contribution in [0.3, 0.4) is 0 Å². The molecule has 2 rings (SSSR count). The first kappa shape index (κ1) is 20.9. The minimum atomic E-state index is -0.313. The van der Waals surface area contributed by atoms with Gasteiger partial charge in [-0.15, -0.1) is 0 Å². The summed E-state index contributed by atoms with van der Waals surface area (Å²) in [7, 11) is 4.52. The minimum absolute atomic E-state index is 0.0310. The Labute approximate surface area is 164 Å². The number of amides is 3. The lowest BCUT2D eigenvalue weighted by Crippen LogP contribution is -2.34. The number of hydrogen-bond donors (Lipinski definition) is 3. The van der Waals surface area contributed by atoms with Gasteiger partial charge in [-0.1, -0.05) is 0 Å². The molecule has 8 nitrogen and oxygen atoms in total. The van der Waals surface area contributed by atoms with Gasteiger partial charge >= 0.3 is 6.03 Å². The van der Waals surface area contributed by atoms with Crippen molar-refractivity contribution in [3.63, 3.8) is 0 Å². The molecule has 0 unspecified atom stereocenters. The van der Waals surface area contributed by atoms with E-state index in [-0.39, 0.29) is 18.0 Å². The largest absolute Gasteiger partial charge is 0.493 e. The molecule has 0 atom stereocenters. The molecule has 8 heteroatoms. The van der Waals surface area contributed by atoms with Crippen molar-refractivity contribution in [2.45, 2.75) is 19.9 Å². The number of ether oxygens (including phenoxy) is 3. The zero-order valence-corrected chi connectivity index (χ0v) is 16.6. The van der Waals surface area contributed by atoms with Gasteiger partial charge in [-0.2, -0.15) is 0 Å². The molecule has 3 N–H and O–H groups in total. The van der Waals surface area contributed by atoms with Crippen LogP contribution in [0.5, 0.6) is 17.2 Å². The summed E-state index contributed by atoms with van der Waals surface area (Å²) < 4.78 is 15.8. The molecule has 0 heterocycles. The maximum Gasteiger partial charge on any atom is 0.319 e. The highest BCUT2D eigenvalue weighted by Gasteiger charge is 2.15. The number of rotatable bonds is 7. The van der Waals surface area contributed by atoms with Crippen LogP contribution in [0.4, 0.5) is 16.2 Å². The van der Waals surface area contributed by atoms with Crippen molar-refractivity contribution in [3.8, 4) is 17.2 Å². The van der Waals surface area contributed by atoms with Crippen molar-refractivity contribution in [2.75, 3.05) is 32.0 Å². The first-order valence-corrected chi connectivity index (χ1v) is 8.66. The molecule has 0 fully saturated rings. The molecule has 0 aromatic heterocycles. The lowest BCUT2D eigenvalue weighted by molar-refractivity contribution is 0.102. The fraction of sp³-hybridized carbons (Fsp3) is 0.300. The maximum atomic E-state index is 12.5. The van der Waals surface area contributed by atoms with Crippen LogP contribution in [0, 0.1) is 0 Å². The average Bonchev–Trinajstić information content (AvgIpc) is 2.66. The zero-order chi connectivity index (χ0) is 20.7. The van der Waals surface area contributed by atoms with Gasteiger partial charge in [0.2, 0.25) is 5.75 Å². The second-order valence-corrected chi connectivity index (χ2v) is 6.20. The summed E-state index contributed by atoms with van der Waals surface area (Å²) >= 11 is 0. The fourth-order valence-electron chi connectivity index (χ4n) is 2.49. The van der Waals surface area contributed by atoms with Gasteiger partial charge in [0.05, 0.1) is 21.3 Å². The van der Waals surface area contributed by atoms with E-state index in [4.69, 9.17) is 14.2 Å². The molecular weight excluding hydrogens is 362 g/mol. The van der Waals surface area contributed by atoms with Crippen LogP contribution in [-0.2, 0) is 0 Å². The summed E-state index contributed by atoms with van der Waals surface area (Å²) in [4.78, 5) is 24.2. The Bertz CT molecular complexity index is 809. The number of urea groups is 1. The van der Waals surface area contributed by atoms with E-state index >= 15 is 0 Å². The summed E-state index contributed by atoms with van der Waals surface area (Å²) in [6.07, 6.45) is 0. The molecule has 0 saturated heterocycles. The third kappa shape index (κ3) is 5.29. The molecule has 0 aliphatic rings. The Balaban J connectivity index is 2.11. The molecular formula is C20H25N3O5. The van der Waals surface area contributed by atoms with Crippen LogP contribution in [0.2, 0.25) is 0 Å². The van der Waals surface area contributed by atoms with Crippen LogP contribution in [0.1, 0.15) is 24.2 Å². The monoisotopic (exact) mass is 387 g/mol. The minimum Gasteiger partial charge on any atom is -0.493 e. The van der Waals surface area contributed by atoms with Gasteiger partial charge < -0.3 is 30.2 Å². The number of methoxy groups -OCH3 is 3. The lowest BCUT2D eigenvalue weighted by Gasteiger charge is -2.15. The number of hydrogen-bond acceptors (Lipinski definition) is 5. The first-order chi connectivity index (χ1) is 13.4. The van der Waals surface area contributed by atoms with Crippen LogP contribution >= 0.6 is 0 Å². The first-order valence-electron chi connectivity index (χ1n) is 8.66. The smallest absolute Gasteiger partial charge is 0.319 e. The highest BCUT2D eigenvalue weighted by atomic mass is 16.5. The SMILES string of the molecule is COc1cc(NC(=O)c2ccc(NC(=O)NC(C)C)cc2)cc(OC)c1OC. The summed E-state index contributed by atoms with van der Waals surface area (Å²) in [6.45, 7) is 3.74. The van der Waals surface area contributed by atoms with Crippen LogP contribution in [-0.4, -0.2) is 39.3 Å². The van der Waals surface area contributed by atoms with E-state index in [2.05, 4.69) is 16.0 Å². The van der Waals surface area contributed by atoms with Gasteiger partial charge in [0.1, 0.15) is 0 Å². The van der Waals surface area contributed by atoms with Crippen molar-refractivity contribution in [1.82, 2.24) is 5.32 Å². The third-order valence-electron chi connectivity index (χ3n) is 3.75. The quantitative estimate of drug-likeness (QED) is 0.676. The zero-order valence-electron chi connectivity index (χ0n) is 16.6. The second kappa shape index (κ2) is 9.50. The molecule has 0 radical (unpaired) electrons. The van der Waals surface area contributed by atoms with Crippen LogP contribution in [0.15, 0.2) is 36.4 Å². The fourth-order valence-corrected chi connectivity index (χ4v) is 2.49. The standard InChI is InChI=1S/C20H25N3O5/c1-12(2)21-20(25)23-14-8-6-13(7-9-14)19(24)22-15-10-16(26-3)18(28-5)17(11-15)27-4/h6-12H,1-5H3,(H,22,24)(H2,21,23,25). The molecule has 150 valence electrons. The van der Waals surface area contributed by atoms with E-state index in [1.54, 1.807) is 36.4 Å². The Kier molecular flexibility index (Phi) is 7.08. The Hall–Kier alpha value is -3.42. The third-order valence-corrected chi connectivity index (χ3v) is 3.75. The predicted octanol–water partition coefficient (Wildman–Crippen LogP) is 3.49. The molecule has 0 saturated carbocycles. The predicted molar refractivity (Wildman–Crippen MR) is 108 cm³/mol. The lowest BCUT2D eigenvalue weighted by atomic mass is 10.2. The maximum absolute atomic E-state index is 12.5. The van der Waals surface area contributed by atoms with Crippen molar-refractivity contribution >= 4 is 23.3 Å². The normalized spacial score (nSPS) is 10.2. The number of anilines is 2. The Morgan fingerprint density at radius 1 is 0.821 bits per heavy atom. The van der Waals surface area contributed by atoms with E-state index < -0.39 is 0 Å². The number of nitrogens with one attached hydrogen (secondary N) is 3. The van der Waals surface area contributed by atoms with Gasteiger partial charge in [0.25, 0.3) is 5.91 Å². The number of carbonyl (C=O) groups excluding carboxylic acids is 2. The topological polar surface area (TPSA) is 97.9 Å². The van der Waals surface area contributed by atoms with E-state index in [9.17, 15) is 9.59 Å². The van der Waals surface area contributed by atoms with Gasteiger partial charge in [-0.3, -0.25) is 4.79 Å². The van der Waals surface area contributed by atoms with Crippen molar-refractivity contribution in [2.24, 2.45) is 0 Å². The molecule has 0 spiro atoms. The van der Waals surface area contributed by atoms with Crippen molar-refractivity contribution < 1.29 is 23.8 Å². The van der Waals surface area contributed by atoms with Crippen LogP contribution < -0.4 is 30.2 Å². The van der Waals surface area contributed by atoms with Crippen molar-refractivity contribution in [3.05, 3.63) is 42.0 Å². The Morgan fingerprint density at radius 3 is 1.86 bits per heavy atom. The molecule has 0 aliphatic carbocycles. The van der Waals surface area contributed by atoms with E-state index in [1.165, 1.54) is 21.3 Å². The van der Waals surface area contributed by atoms with Gasteiger partial charge in [0, 0.05) is 35.1 Å². The molecule has 0 aliphatic heterocycles. The van der Waals surface area contributed by atoms with Crippen LogP contribution in [0.25, 0.3) is 0 Å². The molecule has 28 heavy (non-hydrogen) atoms. The average molecular weight is 387 g/mol. The molecule has 3 amide bonds. The highest BCUT2D eigenvalue weighted by molar-refractivity contribution is 6.05. The summed E-state index contributed by atoms with van der Waals surface area (Å²) in [5.41, 5.74) is 1.52. The van der Waals surface area contributed by atoms with Gasteiger partial charge in [-0.05, 0) is 38.1 Å². The number of benzene rings is 2. The molecule has 2 aromatic rings. The van der Waals surface area contributed by atoms with Crippen molar-refractivity contribution in [1.29, 1.82) is 0 Å². The van der Waals surface area contributed by atoms with E-state index in [0.29, 0.717) is 34.2 Å². The Morgan fingerprint density at radius 2 is 1.39 bits per heavy atom. The van der Waals surface area contributed by atoms with Gasteiger partial charge in [-0.25, -0.2) is 4.79 Å². The highest BCUT2D eigenvalue weighted by Crippen LogP contribution is 2.40. The van der Waals surface area contributed by atoms with E-state index in [0.717, 1.165) is 0 Å². The second-order valence-electron chi connectivity index (χ2n) is 6.20. The van der Waals surface area contributed by atoms with Gasteiger partial charge in [0.15, 0.2) is 11.5 Å². The number of carbonyl (C=O) groups is 2. The van der Waals surface area contributed by atoms with E-state index in [1.807, 2.05) is 13.8 Å².